The highest BCUT2D eigenvalue weighted by atomic mass is 32.2. The number of carbonyl (C=O) groups is 2. The zero-order valence-electron chi connectivity index (χ0n) is 14.3. The maximum atomic E-state index is 13.0. The van der Waals surface area contributed by atoms with Gasteiger partial charge in [-0.2, -0.15) is 0 Å². The zero-order chi connectivity index (χ0) is 17.1. The van der Waals surface area contributed by atoms with E-state index in [4.69, 9.17) is 9.15 Å². The van der Waals surface area contributed by atoms with E-state index in [1.165, 1.54) is 25.5 Å². The molecule has 1 aromatic rings. The first-order chi connectivity index (χ1) is 11.6. The monoisotopic (exact) mass is 351 g/mol. The molecule has 1 saturated heterocycles. The highest BCUT2D eigenvalue weighted by Crippen LogP contribution is 2.41. The Labute approximate surface area is 147 Å². The van der Waals surface area contributed by atoms with Crippen LogP contribution in [0.1, 0.15) is 56.5 Å². The van der Waals surface area contributed by atoms with Crippen LogP contribution in [0.4, 0.5) is 0 Å². The van der Waals surface area contributed by atoms with Crippen molar-refractivity contribution in [1.82, 2.24) is 4.90 Å². The molecule has 0 bridgehead atoms. The van der Waals surface area contributed by atoms with Crippen molar-refractivity contribution < 1.29 is 18.7 Å². The van der Waals surface area contributed by atoms with Crippen LogP contribution in [0.25, 0.3) is 0 Å². The van der Waals surface area contributed by atoms with Crippen molar-refractivity contribution >= 4 is 23.6 Å². The normalized spacial score (nSPS) is 25.2. The van der Waals surface area contributed by atoms with Crippen LogP contribution in [0.2, 0.25) is 0 Å². The molecule has 2 fully saturated rings. The Morgan fingerprint density at radius 2 is 2.04 bits per heavy atom. The van der Waals surface area contributed by atoms with E-state index in [-0.39, 0.29) is 23.4 Å². The smallest absolute Gasteiger partial charge is 0.330 e. The molecule has 3 rings (SSSR count). The minimum atomic E-state index is -0.526. The summed E-state index contributed by atoms with van der Waals surface area (Å²) in [6, 6.07) is 2.84. The van der Waals surface area contributed by atoms with Gasteiger partial charge in [0.2, 0.25) is 0 Å². The predicted octanol–water partition coefficient (Wildman–Crippen LogP) is 3.70. The van der Waals surface area contributed by atoms with Crippen LogP contribution in [0.3, 0.4) is 0 Å². The van der Waals surface area contributed by atoms with E-state index in [1.807, 2.05) is 13.8 Å². The van der Waals surface area contributed by atoms with Crippen molar-refractivity contribution in [2.75, 3.05) is 5.75 Å². The molecule has 1 aromatic heterocycles. The summed E-state index contributed by atoms with van der Waals surface area (Å²) < 4.78 is 10.7. The summed E-state index contributed by atoms with van der Waals surface area (Å²) in [6.07, 6.45) is 7.21. The van der Waals surface area contributed by atoms with E-state index in [0.717, 1.165) is 12.8 Å². The molecule has 0 N–H and O–H groups in total. The Kier molecular flexibility index (Phi) is 5.54. The van der Waals surface area contributed by atoms with Gasteiger partial charge in [0.15, 0.2) is 5.76 Å². The van der Waals surface area contributed by atoms with Gasteiger partial charge in [-0.25, -0.2) is 4.79 Å². The van der Waals surface area contributed by atoms with E-state index >= 15 is 0 Å². The highest BCUT2D eigenvalue weighted by Gasteiger charge is 2.46. The van der Waals surface area contributed by atoms with Crippen LogP contribution in [0, 0.1) is 5.92 Å². The van der Waals surface area contributed by atoms with Crippen LogP contribution in [-0.4, -0.2) is 40.0 Å². The number of furan rings is 1. The second-order valence-corrected chi connectivity index (χ2v) is 7.96. The maximum Gasteiger partial charge on any atom is 0.330 e. The Bertz CT molecular complexity index is 566. The average Bonchev–Trinajstić information content (AvgIpc) is 3.24. The van der Waals surface area contributed by atoms with Crippen molar-refractivity contribution in [3.63, 3.8) is 0 Å². The van der Waals surface area contributed by atoms with Gasteiger partial charge in [-0.1, -0.05) is 19.3 Å². The van der Waals surface area contributed by atoms with Gasteiger partial charge in [0.1, 0.15) is 6.04 Å². The molecule has 1 amide bonds. The summed E-state index contributed by atoms with van der Waals surface area (Å²) in [6.45, 7) is 3.66. The highest BCUT2D eigenvalue weighted by molar-refractivity contribution is 8.00. The number of rotatable bonds is 4. The largest absolute Gasteiger partial charge is 0.461 e. The predicted molar refractivity (Wildman–Crippen MR) is 92.7 cm³/mol. The molecular formula is C18H25NO4S. The second kappa shape index (κ2) is 7.64. The van der Waals surface area contributed by atoms with Crippen LogP contribution >= 0.6 is 11.8 Å². The number of carbonyl (C=O) groups excluding carboxylic acids is 2. The molecule has 2 atom stereocenters. The van der Waals surface area contributed by atoms with E-state index in [0.29, 0.717) is 17.4 Å². The molecule has 2 heterocycles. The molecule has 5 nitrogen and oxygen atoms in total. The molecule has 1 aliphatic heterocycles. The lowest BCUT2D eigenvalue weighted by atomic mass is 9.88. The standard InChI is InChI=1S/C18H25NO4S/c1-12(2)23-18(21)14-11-24-17(13-7-4-3-5-8-13)19(14)16(20)15-9-6-10-22-15/h6,9-10,12-14,17H,3-5,7-8,11H2,1-2H3/t14-,17+/m0/s1. The molecule has 1 saturated carbocycles. The summed E-state index contributed by atoms with van der Waals surface area (Å²) >= 11 is 1.71. The fourth-order valence-corrected chi connectivity index (χ4v) is 5.21. The molecule has 0 aromatic carbocycles. The van der Waals surface area contributed by atoms with Crippen LogP contribution in [0.5, 0.6) is 0 Å². The Morgan fingerprint density at radius 3 is 2.67 bits per heavy atom. The van der Waals surface area contributed by atoms with Crippen molar-refractivity contribution in [3.05, 3.63) is 24.2 Å². The summed E-state index contributed by atoms with van der Waals surface area (Å²) in [5, 5.41) is 0.0348. The van der Waals surface area contributed by atoms with E-state index in [2.05, 4.69) is 0 Å². The second-order valence-electron chi connectivity index (χ2n) is 6.81. The number of hydrogen-bond acceptors (Lipinski definition) is 5. The molecular weight excluding hydrogens is 326 g/mol. The van der Waals surface area contributed by atoms with Gasteiger partial charge in [0.25, 0.3) is 5.91 Å². The number of ether oxygens (including phenoxy) is 1. The number of esters is 1. The van der Waals surface area contributed by atoms with Gasteiger partial charge < -0.3 is 14.1 Å². The van der Waals surface area contributed by atoms with Crippen molar-refractivity contribution in [2.45, 2.75) is 63.5 Å². The third kappa shape index (κ3) is 3.63. The lowest BCUT2D eigenvalue weighted by Crippen LogP contribution is -2.49. The van der Waals surface area contributed by atoms with Crippen molar-refractivity contribution in [1.29, 1.82) is 0 Å². The van der Waals surface area contributed by atoms with Gasteiger partial charge >= 0.3 is 5.97 Å². The van der Waals surface area contributed by atoms with Gasteiger partial charge in [-0.15, -0.1) is 11.8 Å². The maximum absolute atomic E-state index is 13.0. The van der Waals surface area contributed by atoms with E-state index in [1.54, 1.807) is 28.8 Å². The summed E-state index contributed by atoms with van der Waals surface area (Å²) in [5.74, 6) is 0.821. The molecule has 132 valence electrons. The zero-order valence-corrected chi connectivity index (χ0v) is 15.1. The number of nitrogens with zero attached hydrogens (tertiary/aromatic N) is 1. The molecule has 0 spiro atoms. The molecule has 24 heavy (non-hydrogen) atoms. The first-order valence-electron chi connectivity index (χ1n) is 8.76. The van der Waals surface area contributed by atoms with Gasteiger partial charge in [0.05, 0.1) is 17.7 Å². The fourth-order valence-electron chi connectivity index (χ4n) is 3.59. The Morgan fingerprint density at radius 1 is 1.29 bits per heavy atom. The van der Waals surface area contributed by atoms with E-state index in [9.17, 15) is 9.59 Å². The minimum absolute atomic E-state index is 0.0348. The summed E-state index contributed by atoms with van der Waals surface area (Å²) in [7, 11) is 0. The van der Waals surface area contributed by atoms with Crippen LogP contribution < -0.4 is 0 Å². The lowest BCUT2D eigenvalue weighted by molar-refractivity contribution is -0.152. The van der Waals surface area contributed by atoms with Crippen LogP contribution in [-0.2, 0) is 9.53 Å². The van der Waals surface area contributed by atoms with Crippen LogP contribution in [0.15, 0.2) is 22.8 Å². The molecule has 1 aliphatic carbocycles. The topological polar surface area (TPSA) is 59.8 Å². The molecule has 0 unspecified atom stereocenters. The van der Waals surface area contributed by atoms with Gasteiger partial charge in [-0.3, -0.25) is 4.79 Å². The average molecular weight is 351 g/mol. The van der Waals surface area contributed by atoms with Crippen molar-refractivity contribution in [2.24, 2.45) is 5.92 Å². The van der Waals surface area contributed by atoms with E-state index < -0.39 is 6.04 Å². The quantitative estimate of drug-likeness (QED) is 0.774. The molecule has 6 heteroatoms. The summed E-state index contributed by atoms with van der Waals surface area (Å²) in [4.78, 5) is 27.2. The first kappa shape index (κ1) is 17.4. The molecule has 0 radical (unpaired) electrons. The number of amides is 1. The molecule has 2 aliphatic rings. The summed E-state index contributed by atoms with van der Waals surface area (Å²) in [5.41, 5.74) is 0. The minimum Gasteiger partial charge on any atom is -0.461 e. The third-order valence-corrected chi connectivity index (χ3v) is 6.14. The van der Waals surface area contributed by atoms with Crippen molar-refractivity contribution in [3.8, 4) is 0 Å². The van der Waals surface area contributed by atoms with Gasteiger partial charge in [0, 0.05) is 5.75 Å². The number of hydrogen-bond donors (Lipinski definition) is 0. The third-order valence-electron chi connectivity index (χ3n) is 4.68. The van der Waals surface area contributed by atoms with Gasteiger partial charge in [-0.05, 0) is 44.7 Å². The fraction of sp³-hybridized carbons (Fsp3) is 0.667. The SMILES string of the molecule is CC(C)OC(=O)[C@@H]1CS[C@H](C2CCCCC2)N1C(=O)c1ccco1. The Balaban J connectivity index is 1.83. The lowest BCUT2D eigenvalue weighted by Gasteiger charge is -2.34. The first-order valence-corrected chi connectivity index (χ1v) is 9.81. The number of thioether (sulfide) groups is 1. The Hall–Kier alpha value is -1.43.